The van der Waals surface area contributed by atoms with Gasteiger partial charge >= 0.3 is 0 Å². The number of nitrogens with one attached hydrogen (secondary N) is 1. The van der Waals surface area contributed by atoms with Crippen LogP contribution in [-0.4, -0.2) is 41.0 Å². The van der Waals surface area contributed by atoms with Crippen molar-refractivity contribution in [2.45, 2.75) is 39.2 Å². The van der Waals surface area contributed by atoms with Crippen molar-refractivity contribution >= 4 is 17.5 Å². The van der Waals surface area contributed by atoms with E-state index in [1.165, 1.54) is 0 Å². The summed E-state index contributed by atoms with van der Waals surface area (Å²) in [5.41, 5.74) is 1.95. The third-order valence-electron chi connectivity index (χ3n) is 4.01. The van der Waals surface area contributed by atoms with Crippen LogP contribution in [0.5, 0.6) is 0 Å². The Labute approximate surface area is 137 Å². The first-order valence-electron chi connectivity index (χ1n) is 8.06. The van der Waals surface area contributed by atoms with Gasteiger partial charge in [-0.1, -0.05) is 13.0 Å². The van der Waals surface area contributed by atoms with E-state index < -0.39 is 0 Å². The largest absolute Gasteiger partial charge is 0.393 e. The fourth-order valence-corrected chi connectivity index (χ4v) is 2.58. The molecule has 1 aromatic rings. The summed E-state index contributed by atoms with van der Waals surface area (Å²) in [4.78, 5) is 26.1. The van der Waals surface area contributed by atoms with Crippen LogP contribution >= 0.6 is 0 Å². The summed E-state index contributed by atoms with van der Waals surface area (Å²) < 4.78 is 0. The number of aliphatic hydroxyl groups is 1. The van der Waals surface area contributed by atoms with Gasteiger partial charge in [-0.25, -0.2) is 0 Å². The first-order valence-corrected chi connectivity index (χ1v) is 8.06. The van der Waals surface area contributed by atoms with Gasteiger partial charge in [-0.3, -0.25) is 9.59 Å². The molecule has 0 aromatic heterocycles. The Hall–Kier alpha value is -2.14. The molecule has 0 atom stereocenters. The number of hydrogen-bond acceptors (Lipinski definition) is 3. The van der Waals surface area contributed by atoms with Crippen molar-refractivity contribution in [2.75, 3.05) is 18.4 Å². The molecule has 1 fully saturated rings. The topological polar surface area (TPSA) is 69.6 Å². The van der Waals surface area contributed by atoms with Crippen LogP contribution in [0.1, 0.15) is 43.5 Å². The van der Waals surface area contributed by atoms with E-state index in [2.05, 4.69) is 5.32 Å². The summed E-state index contributed by atoms with van der Waals surface area (Å²) in [6, 6.07) is 6.93. The molecule has 0 aliphatic carbocycles. The minimum absolute atomic E-state index is 0.0307. The molecule has 1 aromatic carbocycles. The number of aliphatic hydroxyl groups excluding tert-OH is 1. The van der Waals surface area contributed by atoms with Crippen molar-refractivity contribution in [1.82, 2.24) is 4.90 Å². The van der Waals surface area contributed by atoms with Crippen molar-refractivity contribution in [2.24, 2.45) is 0 Å². The molecule has 2 N–H and O–H groups in total. The van der Waals surface area contributed by atoms with Gasteiger partial charge in [-0.2, -0.15) is 0 Å². The molecule has 5 nitrogen and oxygen atoms in total. The first-order chi connectivity index (χ1) is 11.0. The van der Waals surface area contributed by atoms with Gasteiger partial charge < -0.3 is 15.3 Å². The van der Waals surface area contributed by atoms with Crippen LogP contribution < -0.4 is 5.32 Å². The maximum absolute atomic E-state index is 12.4. The zero-order valence-corrected chi connectivity index (χ0v) is 13.7. The van der Waals surface area contributed by atoms with Crippen molar-refractivity contribution in [3.8, 4) is 0 Å². The van der Waals surface area contributed by atoms with E-state index in [-0.39, 0.29) is 17.9 Å². The summed E-state index contributed by atoms with van der Waals surface area (Å²) in [7, 11) is 0. The van der Waals surface area contributed by atoms with Crippen LogP contribution in [0.3, 0.4) is 0 Å². The van der Waals surface area contributed by atoms with Crippen LogP contribution in [0.25, 0.3) is 0 Å². The monoisotopic (exact) mass is 316 g/mol. The molecule has 1 aliphatic heterocycles. The zero-order valence-electron chi connectivity index (χ0n) is 13.7. The Morgan fingerprint density at radius 3 is 2.43 bits per heavy atom. The van der Waals surface area contributed by atoms with Crippen molar-refractivity contribution in [3.05, 3.63) is 41.5 Å². The van der Waals surface area contributed by atoms with Gasteiger partial charge in [0.25, 0.3) is 11.8 Å². The Balaban J connectivity index is 1.98. The smallest absolute Gasteiger partial charge is 0.253 e. The number of nitrogens with zero attached hydrogens (tertiary/aromatic N) is 1. The highest BCUT2D eigenvalue weighted by molar-refractivity contribution is 6.03. The third kappa shape index (κ3) is 4.66. The first kappa shape index (κ1) is 17.2. The van der Waals surface area contributed by atoms with Gasteiger partial charge in [0, 0.05) is 29.9 Å². The second-order valence-electron chi connectivity index (χ2n) is 5.85. The molecular weight excluding hydrogens is 292 g/mol. The summed E-state index contributed by atoms with van der Waals surface area (Å²) in [6.07, 6.45) is 3.65. The number of rotatable bonds is 4. The molecule has 1 saturated heterocycles. The number of amides is 2. The lowest BCUT2D eigenvalue weighted by atomic mass is 10.1. The highest BCUT2D eigenvalue weighted by Gasteiger charge is 2.22. The molecule has 1 heterocycles. The van der Waals surface area contributed by atoms with E-state index in [1.807, 2.05) is 13.0 Å². The van der Waals surface area contributed by atoms with Crippen LogP contribution in [0, 0.1) is 0 Å². The second-order valence-corrected chi connectivity index (χ2v) is 5.85. The molecular formula is C18H24N2O3. The minimum Gasteiger partial charge on any atom is -0.393 e. The number of piperidine rings is 1. The second kappa shape index (κ2) is 7.92. The van der Waals surface area contributed by atoms with E-state index in [4.69, 9.17) is 0 Å². The average molecular weight is 316 g/mol. The van der Waals surface area contributed by atoms with Crippen LogP contribution in [0.2, 0.25) is 0 Å². The van der Waals surface area contributed by atoms with Crippen LogP contribution in [0.15, 0.2) is 35.9 Å². The molecule has 0 saturated carbocycles. The van der Waals surface area contributed by atoms with Crippen LogP contribution in [0.4, 0.5) is 5.69 Å². The van der Waals surface area contributed by atoms with Gasteiger partial charge in [0.15, 0.2) is 0 Å². The number of allylic oxidation sites excluding steroid dienone is 1. The fraction of sp³-hybridized carbons (Fsp3) is 0.444. The Kier molecular flexibility index (Phi) is 5.93. The van der Waals surface area contributed by atoms with Gasteiger partial charge in [0.2, 0.25) is 0 Å². The maximum atomic E-state index is 12.4. The highest BCUT2D eigenvalue weighted by Crippen LogP contribution is 2.16. The summed E-state index contributed by atoms with van der Waals surface area (Å²) in [5.74, 6) is -0.159. The maximum Gasteiger partial charge on any atom is 0.253 e. The fourth-order valence-electron chi connectivity index (χ4n) is 2.58. The lowest BCUT2D eigenvalue weighted by Gasteiger charge is -2.29. The van der Waals surface area contributed by atoms with E-state index in [1.54, 1.807) is 36.1 Å². The standard InChI is InChI=1S/C18H24N2O3/c1-3-4-13(2)17(22)19-15-7-5-14(6-8-15)18(23)20-11-9-16(21)10-12-20/h4-8,16,21H,3,9-12H2,1-2H3,(H,19,22)/b13-4-. The number of carbonyl (C=O) groups is 2. The molecule has 0 bridgehead atoms. The molecule has 23 heavy (non-hydrogen) atoms. The predicted octanol–water partition coefficient (Wildman–Crippen LogP) is 2.58. The van der Waals surface area contributed by atoms with Gasteiger partial charge in [0.1, 0.15) is 0 Å². The van der Waals surface area contributed by atoms with Crippen molar-refractivity contribution < 1.29 is 14.7 Å². The molecule has 0 spiro atoms. The number of hydrogen-bond donors (Lipinski definition) is 2. The zero-order chi connectivity index (χ0) is 16.8. The van der Waals surface area contributed by atoms with E-state index in [9.17, 15) is 14.7 Å². The van der Waals surface area contributed by atoms with E-state index in [0.29, 0.717) is 42.8 Å². The number of anilines is 1. The average Bonchev–Trinajstić information content (AvgIpc) is 2.56. The van der Waals surface area contributed by atoms with Gasteiger partial charge in [-0.05, 0) is 50.5 Å². The van der Waals surface area contributed by atoms with E-state index >= 15 is 0 Å². The molecule has 2 amide bonds. The minimum atomic E-state index is -0.295. The Morgan fingerprint density at radius 2 is 1.87 bits per heavy atom. The van der Waals surface area contributed by atoms with Gasteiger partial charge in [0.05, 0.1) is 6.10 Å². The normalized spacial score (nSPS) is 16.3. The number of carbonyl (C=O) groups excluding carboxylic acids is 2. The Bertz CT molecular complexity index is 585. The molecule has 2 rings (SSSR count). The van der Waals surface area contributed by atoms with Crippen molar-refractivity contribution in [3.63, 3.8) is 0 Å². The predicted molar refractivity (Wildman–Crippen MR) is 90.3 cm³/mol. The third-order valence-corrected chi connectivity index (χ3v) is 4.01. The van der Waals surface area contributed by atoms with E-state index in [0.717, 1.165) is 6.42 Å². The lowest BCUT2D eigenvalue weighted by molar-refractivity contribution is -0.112. The summed E-state index contributed by atoms with van der Waals surface area (Å²) >= 11 is 0. The highest BCUT2D eigenvalue weighted by atomic mass is 16.3. The summed E-state index contributed by atoms with van der Waals surface area (Å²) in [5, 5.41) is 12.3. The molecule has 0 unspecified atom stereocenters. The quantitative estimate of drug-likeness (QED) is 0.839. The Morgan fingerprint density at radius 1 is 1.26 bits per heavy atom. The molecule has 0 radical (unpaired) electrons. The summed E-state index contributed by atoms with van der Waals surface area (Å²) in [6.45, 7) is 4.93. The van der Waals surface area contributed by atoms with Crippen LogP contribution in [-0.2, 0) is 4.79 Å². The van der Waals surface area contributed by atoms with Crippen molar-refractivity contribution in [1.29, 1.82) is 0 Å². The number of benzene rings is 1. The molecule has 5 heteroatoms. The SMILES string of the molecule is CC/C=C(/C)C(=O)Nc1ccc(C(=O)N2CCC(O)CC2)cc1. The lowest BCUT2D eigenvalue weighted by Crippen LogP contribution is -2.40. The van der Waals surface area contributed by atoms with Gasteiger partial charge in [-0.15, -0.1) is 0 Å². The molecule has 1 aliphatic rings. The molecule has 124 valence electrons. The number of likely N-dealkylation sites (tertiary alicyclic amines) is 1.